The van der Waals surface area contributed by atoms with Crippen molar-refractivity contribution in [2.75, 3.05) is 30.2 Å². The van der Waals surface area contributed by atoms with Crippen LogP contribution in [0.3, 0.4) is 0 Å². The third-order valence-corrected chi connectivity index (χ3v) is 4.48. The van der Waals surface area contributed by atoms with Crippen LogP contribution in [0.25, 0.3) is 0 Å². The van der Waals surface area contributed by atoms with Gasteiger partial charge in [-0.05, 0) is 25.5 Å². The minimum Gasteiger partial charge on any atom is -0.324 e. The quantitative estimate of drug-likeness (QED) is 0.908. The molecule has 7 heteroatoms. The normalized spacial score (nSPS) is 16.9. The molecule has 0 fully saturated rings. The molecule has 0 atom stereocenters. The van der Waals surface area contributed by atoms with E-state index in [1.807, 2.05) is 38.1 Å². The second kappa shape index (κ2) is 6.52. The summed E-state index contributed by atoms with van der Waals surface area (Å²) < 4.78 is 25.4. The molecule has 0 saturated carbocycles. The first-order valence-corrected chi connectivity index (χ1v) is 8.58. The van der Waals surface area contributed by atoms with Gasteiger partial charge in [0.05, 0.1) is 11.9 Å². The molecule has 1 aromatic carbocycles. The summed E-state index contributed by atoms with van der Waals surface area (Å²) in [5, 5.41) is 0. The van der Waals surface area contributed by atoms with Crippen molar-refractivity contribution >= 4 is 28.1 Å². The van der Waals surface area contributed by atoms with E-state index in [1.165, 1.54) is 10.6 Å². The van der Waals surface area contributed by atoms with Gasteiger partial charge in [0.2, 0.25) is 10.0 Å². The van der Waals surface area contributed by atoms with E-state index in [0.717, 1.165) is 24.3 Å². The first-order valence-electron chi connectivity index (χ1n) is 6.74. The molecule has 0 amide bonds. The summed E-state index contributed by atoms with van der Waals surface area (Å²) in [6, 6.07) is 7.67. The SMILES string of the molecule is CC(C)(N)CN1CCN(S(C)(=O)=O)c2ccccc2C1.Cl. The molecular formula is C14H24ClN3O2S. The number of nitrogens with two attached hydrogens (primary N) is 1. The lowest BCUT2D eigenvalue weighted by molar-refractivity contribution is 0.228. The van der Waals surface area contributed by atoms with Gasteiger partial charge in [0.15, 0.2) is 0 Å². The van der Waals surface area contributed by atoms with Crippen LogP contribution in [0.1, 0.15) is 19.4 Å². The molecule has 0 aliphatic carbocycles. The maximum atomic E-state index is 12.0. The zero-order valence-corrected chi connectivity index (χ0v) is 14.4. The predicted octanol–water partition coefficient (Wildman–Crippen LogP) is 1.43. The van der Waals surface area contributed by atoms with Gasteiger partial charge in [-0.3, -0.25) is 9.21 Å². The summed E-state index contributed by atoms with van der Waals surface area (Å²) in [5.41, 5.74) is 7.60. The first kappa shape index (κ1) is 18.2. The van der Waals surface area contributed by atoms with Crippen molar-refractivity contribution in [2.45, 2.75) is 25.9 Å². The van der Waals surface area contributed by atoms with E-state index in [2.05, 4.69) is 4.90 Å². The van der Waals surface area contributed by atoms with Crippen molar-refractivity contribution in [1.29, 1.82) is 0 Å². The van der Waals surface area contributed by atoms with Crippen LogP contribution < -0.4 is 10.0 Å². The standard InChI is InChI=1S/C14H23N3O2S.ClH/c1-14(2,15)11-16-8-9-17(20(3,18)19)13-7-5-4-6-12(13)10-16;/h4-7H,8-11,15H2,1-3H3;1H. The Labute approximate surface area is 133 Å². The monoisotopic (exact) mass is 333 g/mol. The molecule has 5 nitrogen and oxygen atoms in total. The number of hydrogen-bond acceptors (Lipinski definition) is 4. The molecule has 120 valence electrons. The second-order valence-electron chi connectivity index (χ2n) is 6.16. The van der Waals surface area contributed by atoms with Gasteiger partial charge in [0, 0.05) is 31.7 Å². The van der Waals surface area contributed by atoms with Gasteiger partial charge in [-0.2, -0.15) is 0 Å². The zero-order valence-electron chi connectivity index (χ0n) is 12.7. The number of anilines is 1. The lowest BCUT2D eigenvalue weighted by Crippen LogP contribution is -2.46. The van der Waals surface area contributed by atoms with Crippen molar-refractivity contribution in [3.05, 3.63) is 29.8 Å². The van der Waals surface area contributed by atoms with Crippen LogP contribution in [0.15, 0.2) is 24.3 Å². The number of sulfonamides is 1. The molecule has 0 radical (unpaired) electrons. The minimum atomic E-state index is -3.25. The molecule has 21 heavy (non-hydrogen) atoms. The van der Waals surface area contributed by atoms with Gasteiger partial charge in [-0.25, -0.2) is 8.42 Å². The Balaban J connectivity index is 0.00000220. The summed E-state index contributed by atoms with van der Waals surface area (Å²) >= 11 is 0. The van der Waals surface area contributed by atoms with E-state index in [4.69, 9.17) is 5.73 Å². The molecule has 0 bridgehead atoms. The van der Waals surface area contributed by atoms with Crippen molar-refractivity contribution in [1.82, 2.24) is 4.90 Å². The number of rotatable bonds is 3. The van der Waals surface area contributed by atoms with Gasteiger partial charge in [0.1, 0.15) is 0 Å². The number of fused-ring (bicyclic) bond motifs is 1. The fourth-order valence-corrected chi connectivity index (χ4v) is 3.56. The molecule has 1 heterocycles. The fraction of sp³-hybridized carbons (Fsp3) is 0.571. The molecule has 1 aromatic rings. The van der Waals surface area contributed by atoms with E-state index in [9.17, 15) is 8.42 Å². The average Bonchev–Trinajstić information content (AvgIpc) is 2.44. The summed E-state index contributed by atoms with van der Waals surface area (Å²) in [5.74, 6) is 0. The first-order chi connectivity index (χ1) is 9.17. The molecule has 2 rings (SSSR count). The topological polar surface area (TPSA) is 66.6 Å². The van der Waals surface area contributed by atoms with Crippen LogP contribution >= 0.6 is 12.4 Å². The fourth-order valence-electron chi connectivity index (χ4n) is 2.62. The smallest absolute Gasteiger partial charge is 0.232 e. The Bertz CT molecular complexity index is 584. The Morgan fingerprint density at radius 1 is 1.24 bits per heavy atom. The summed E-state index contributed by atoms with van der Waals surface area (Å²) in [6.45, 7) is 6.58. The van der Waals surface area contributed by atoms with Crippen LogP contribution in [0, 0.1) is 0 Å². The minimum absolute atomic E-state index is 0. The predicted molar refractivity (Wildman–Crippen MR) is 89.4 cm³/mol. The number of halogens is 1. The van der Waals surface area contributed by atoms with Crippen LogP contribution in [-0.2, 0) is 16.6 Å². The Hall–Kier alpha value is -0.820. The van der Waals surface area contributed by atoms with Gasteiger partial charge in [-0.15, -0.1) is 12.4 Å². The summed E-state index contributed by atoms with van der Waals surface area (Å²) in [7, 11) is -3.25. The molecule has 1 aliphatic rings. The number of hydrogen-bond donors (Lipinski definition) is 1. The van der Waals surface area contributed by atoms with Gasteiger partial charge >= 0.3 is 0 Å². The summed E-state index contributed by atoms with van der Waals surface area (Å²) in [6.07, 6.45) is 1.26. The van der Waals surface area contributed by atoms with Crippen molar-refractivity contribution < 1.29 is 8.42 Å². The molecule has 0 unspecified atom stereocenters. The average molecular weight is 334 g/mol. The highest BCUT2D eigenvalue weighted by atomic mass is 35.5. The Kier molecular flexibility index (Phi) is 5.66. The highest BCUT2D eigenvalue weighted by Crippen LogP contribution is 2.27. The third kappa shape index (κ3) is 4.85. The third-order valence-electron chi connectivity index (χ3n) is 3.31. The maximum Gasteiger partial charge on any atom is 0.232 e. The maximum absolute atomic E-state index is 12.0. The highest BCUT2D eigenvalue weighted by Gasteiger charge is 2.27. The van der Waals surface area contributed by atoms with Gasteiger partial charge < -0.3 is 5.73 Å². The molecule has 1 aliphatic heterocycles. The van der Waals surface area contributed by atoms with Crippen LogP contribution in [0.4, 0.5) is 5.69 Å². The van der Waals surface area contributed by atoms with Crippen molar-refractivity contribution in [2.24, 2.45) is 5.73 Å². The second-order valence-corrected chi connectivity index (χ2v) is 8.07. The molecule has 0 spiro atoms. The van der Waals surface area contributed by atoms with E-state index in [1.54, 1.807) is 0 Å². The van der Waals surface area contributed by atoms with E-state index in [-0.39, 0.29) is 17.9 Å². The molecular weight excluding hydrogens is 310 g/mol. The lowest BCUT2D eigenvalue weighted by Gasteiger charge is -2.28. The van der Waals surface area contributed by atoms with Crippen LogP contribution in [0.2, 0.25) is 0 Å². The van der Waals surface area contributed by atoms with Crippen LogP contribution in [-0.4, -0.2) is 44.7 Å². The molecule has 0 saturated heterocycles. The van der Waals surface area contributed by atoms with Crippen molar-refractivity contribution in [3.8, 4) is 0 Å². The number of benzene rings is 1. The van der Waals surface area contributed by atoms with E-state index in [0.29, 0.717) is 13.1 Å². The largest absolute Gasteiger partial charge is 0.324 e. The highest BCUT2D eigenvalue weighted by molar-refractivity contribution is 7.92. The molecule has 2 N–H and O–H groups in total. The van der Waals surface area contributed by atoms with E-state index >= 15 is 0 Å². The number of para-hydroxylation sites is 1. The molecule has 0 aromatic heterocycles. The Morgan fingerprint density at radius 2 is 1.86 bits per heavy atom. The Morgan fingerprint density at radius 3 is 2.43 bits per heavy atom. The van der Waals surface area contributed by atoms with E-state index < -0.39 is 10.0 Å². The number of nitrogens with zero attached hydrogens (tertiary/aromatic N) is 2. The van der Waals surface area contributed by atoms with Gasteiger partial charge in [0.25, 0.3) is 0 Å². The van der Waals surface area contributed by atoms with Gasteiger partial charge in [-0.1, -0.05) is 18.2 Å². The summed E-state index contributed by atoms with van der Waals surface area (Å²) in [4.78, 5) is 2.21. The zero-order chi connectivity index (χ0) is 15.0. The lowest BCUT2D eigenvalue weighted by atomic mass is 10.1. The van der Waals surface area contributed by atoms with Crippen molar-refractivity contribution in [3.63, 3.8) is 0 Å². The van der Waals surface area contributed by atoms with Crippen LogP contribution in [0.5, 0.6) is 0 Å².